The molecule has 2 rings (SSSR count). The number of hydrogen-bond donors (Lipinski definition) is 1. The SMILES string of the molecule is CC1=C(/C=C/C(=O)/C=C/c2cc(C(F)(F)F)ccc2C(F)(F)F)C(C)(C)CCC1O. The Bertz CT molecular complexity index is 901. The van der Waals surface area contributed by atoms with Gasteiger partial charge in [0.2, 0.25) is 0 Å². The summed E-state index contributed by atoms with van der Waals surface area (Å²) in [5.74, 6) is -0.684. The fraction of sp³-hybridized carbons (Fsp3) is 0.409. The van der Waals surface area contributed by atoms with E-state index in [9.17, 15) is 36.2 Å². The van der Waals surface area contributed by atoms with Crippen LogP contribution >= 0.6 is 0 Å². The van der Waals surface area contributed by atoms with E-state index in [4.69, 9.17) is 0 Å². The van der Waals surface area contributed by atoms with Crippen LogP contribution in [0.1, 0.15) is 50.3 Å². The minimum Gasteiger partial charge on any atom is -0.389 e. The second kappa shape index (κ2) is 8.41. The topological polar surface area (TPSA) is 37.3 Å². The molecule has 0 fully saturated rings. The molecule has 2 nitrogen and oxygen atoms in total. The summed E-state index contributed by atoms with van der Waals surface area (Å²) in [6.45, 7) is 5.63. The predicted octanol–water partition coefficient (Wildman–Crippen LogP) is 6.36. The molecule has 0 aromatic heterocycles. The zero-order valence-electron chi connectivity index (χ0n) is 16.7. The summed E-state index contributed by atoms with van der Waals surface area (Å²) in [4.78, 5) is 12.1. The predicted molar refractivity (Wildman–Crippen MR) is 101 cm³/mol. The van der Waals surface area contributed by atoms with Crippen LogP contribution in [0.5, 0.6) is 0 Å². The van der Waals surface area contributed by atoms with Gasteiger partial charge in [0, 0.05) is 0 Å². The molecule has 1 N–H and O–H groups in total. The first-order valence-corrected chi connectivity index (χ1v) is 9.21. The van der Waals surface area contributed by atoms with Crippen molar-refractivity contribution in [2.45, 2.75) is 52.1 Å². The summed E-state index contributed by atoms with van der Waals surface area (Å²) >= 11 is 0. The number of ketones is 1. The van der Waals surface area contributed by atoms with Gasteiger partial charge in [-0.25, -0.2) is 0 Å². The average molecular weight is 432 g/mol. The van der Waals surface area contributed by atoms with Gasteiger partial charge in [0.25, 0.3) is 0 Å². The molecule has 0 saturated carbocycles. The molecule has 1 aliphatic rings. The van der Waals surface area contributed by atoms with E-state index < -0.39 is 40.9 Å². The lowest BCUT2D eigenvalue weighted by molar-refractivity contribution is -0.141. The maximum absolute atomic E-state index is 13.1. The van der Waals surface area contributed by atoms with E-state index >= 15 is 0 Å². The maximum atomic E-state index is 13.1. The quantitative estimate of drug-likeness (QED) is 0.444. The average Bonchev–Trinajstić information content (AvgIpc) is 2.61. The highest BCUT2D eigenvalue weighted by molar-refractivity contribution is 6.02. The fourth-order valence-electron chi connectivity index (χ4n) is 3.45. The number of allylic oxidation sites excluding steroid dienone is 4. The van der Waals surface area contributed by atoms with Crippen LogP contribution in [0.3, 0.4) is 0 Å². The largest absolute Gasteiger partial charge is 0.416 e. The Labute approximate surface area is 170 Å². The molecule has 1 aromatic carbocycles. The van der Waals surface area contributed by atoms with E-state index in [0.29, 0.717) is 36.6 Å². The number of carbonyl (C=O) groups is 1. The molecule has 0 amide bonds. The molecule has 1 atom stereocenters. The molecular weight excluding hydrogens is 410 g/mol. The van der Waals surface area contributed by atoms with Crippen molar-refractivity contribution in [3.63, 3.8) is 0 Å². The molecule has 0 heterocycles. The van der Waals surface area contributed by atoms with Gasteiger partial charge in [-0.05, 0) is 72.2 Å². The van der Waals surface area contributed by atoms with Crippen LogP contribution in [0.4, 0.5) is 26.3 Å². The number of hydrogen-bond acceptors (Lipinski definition) is 2. The summed E-state index contributed by atoms with van der Waals surface area (Å²) < 4.78 is 77.9. The highest BCUT2D eigenvalue weighted by Crippen LogP contribution is 2.41. The molecule has 30 heavy (non-hydrogen) atoms. The van der Waals surface area contributed by atoms with Crippen LogP contribution in [0.25, 0.3) is 6.08 Å². The van der Waals surface area contributed by atoms with E-state index in [2.05, 4.69) is 0 Å². The molecule has 0 aliphatic heterocycles. The van der Waals surface area contributed by atoms with Crippen molar-refractivity contribution >= 4 is 11.9 Å². The Balaban J connectivity index is 2.34. The van der Waals surface area contributed by atoms with Crippen LogP contribution in [0.2, 0.25) is 0 Å². The van der Waals surface area contributed by atoms with E-state index in [1.165, 1.54) is 6.08 Å². The van der Waals surface area contributed by atoms with Crippen molar-refractivity contribution in [3.05, 3.63) is 64.3 Å². The van der Waals surface area contributed by atoms with Gasteiger partial charge in [-0.3, -0.25) is 4.79 Å². The molecule has 1 unspecified atom stereocenters. The van der Waals surface area contributed by atoms with Crippen molar-refractivity contribution < 1.29 is 36.2 Å². The Morgan fingerprint density at radius 1 is 1.07 bits per heavy atom. The van der Waals surface area contributed by atoms with E-state index in [1.807, 2.05) is 13.8 Å². The van der Waals surface area contributed by atoms with Gasteiger partial charge < -0.3 is 5.11 Å². The lowest BCUT2D eigenvalue weighted by atomic mass is 9.71. The van der Waals surface area contributed by atoms with Crippen molar-refractivity contribution in [3.8, 4) is 0 Å². The van der Waals surface area contributed by atoms with Crippen molar-refractivity contribution in [1.82, 2.24) is 0 Å². The highest BCUT2D eigenvalue weighted by Gasteiger charge is 2.36. The van der Waals surface area contributed by atoms with Gasteiger partial charge >= 0.3 is 12.4 Å². The van der Waals surface area contributed by atoms with Crippen molar-refractivity contribution in [2.75, 3.05) is 0 Å². The number of alkyl halides is 6. The molecule has 8 heteroatoms. The standard InChI is InChI=1S/C22H22F6O2/c1-13-17(20(2,3)11-10-19(13)30)9-7-16(29)6-4-14-12-15(21(23,24)25)5-8-18(14)22(26,27)28/h4-9,12,19,30H,10-11H2,1-3H3/b6-4+,9-7+. The first-order chi connectivity index (χ1) is 13.6. The maximum Gasteiger partial charge on any atom is 0.416 e. The van der Waals surface area contributed by atoms with Crippen LogP contribution in [0.15, 0.2) is 47.6 Å². The van der Waals surface area contributed by atoms with Gasteiger partial charge in [-0.2, -0.15) is 26.3 Å². The molecule has 0 bridgehead atoms. The molecular formula is C22H22F6O2. The third kappa shape index (κ3) is 5.62. The normalized spacial score (nSPS) is 20.4. The van der Waals surface area contributed by atoms with E-state index in [0.717, 1.165) is 23.8 Å². The lowest BCUT2D eigenvalue weighted by Gasteiger charge is -2.35. The smallest absolute Gasteiger partial charge is 0.389 e. The zero-order chi connectivity index (χ0) is 22.9. The van der Waals surface area contributed by atoms with Crippen LogP contribution in [-0.2, 0) is 17.1 Å². The number of aliphatic hydroxyl groups is 1. The zero-order valence-corrected chi connectivity index (χ0v) is 16.7. The van der Waals surface area contributed by atoms with Gasteiger partial charge in [0.1, 0.15) is 0 Å². The Morgan fingerprint density at radius 2 is 1.67 bits per heavy atom. The fourth-order valence-corrected chi connectivity index (χ4v) is 3.45. The second-order valence-electron chi connectivity index (χ2n) is 7.90. The summed E-state index contributed by atoms with van der Waals surface area (Å²) in [6, 6.07) is 1.07. The number of aliphatic hydroxyl groups excluding tert-OH is 1. The van der Waals surface area contributed by atoms with Crippen LogP contribution in [0, 0.1) is 5.41 Å². The third-order valence-corrected chi connectivity index (χ3v) is 5.22. The highest BCUT2D eigenvalue weighted by atomic mass is 19.4. The molecule has 0 saturated heterocycles. The molecule has 0 radical (unpaired) electrons. The number of halogens is 6. The minimum atomic E-state index is -4.87. The van der Waals surface area contributed by atoms with Crippen molar-refractivity contribution in [1.29, 1.82) is 0 Å². The van der Waals surface area contributed by atoms with E-state index in [1.54, 1.807) is 6.92 Å². The molecule has 1 aromatic rings. The van der Waals surface area contributed by atoms with Gasteiger partial charge in [-0.1, -0.05) is 26.0 Å². The Hall–Kier alpha value is -2.35. The lowest BCUT2D eigenvalue weighted by Crippen LogP contribution is -2.27. The Morgan fingerprint density at radius 3 is 2.23 bits per heavy atom. The monoisotopic (exact) mass is 432 g/mol. The van der Waals surface area contributed by atoms with Crippen molar-refractivity contribution in [2.24, 2.45) is 5.41 Å². The van der Waals surface area contributed by atoms with Crippen LogP contribution < -0.4 is 0 Å². The minimum absolute atomic E-state index is 0.297. The molecule has 0 spiro atoms. The summed E-state index contributed by atoms with van der Waals surface area (Å²) in [5.41, 5.74) is -2.10. The van der Waals surface area contributed by atoms with Crippen LogP contribution in [-0.4, -0.2) is 17.0 Å². The number of rotatable bonds is 4. The Kier molecular flexibility index (Phi) is 6.71. The number of benzene rings is 1. The number of carbonyl (C=O) groups excluding carboxylic acids is 1. The summed E-state index contributed by atoms with van der Waals surface area (Å²) in [7, 11) is 0. The summed E-state index contributed by atoms with van der Waals surface area (Å²) in [5, 5.41) is 10.0. The van der Waals surface area contributed by atoms with Gasteiger partial charge in [0.15, 0.2) is 5.78 Å². The first kappa shape index (κ1) is 23.9. The van der Waals surface area contributed by atoms with E-state index in [-0.39, 0.29) is 5.41 Å². The van der Waals surface area contributed by atoms with Gasteiger partial charge in [-0.15, -0.1) is 0 Å². The van der Waals surface area contributed by atoms with Gasteiger partial charge in [0.05, 0.1) is 17.2 Å². The summed E-state index contributed by atoms with van der Waals surface area (Å²) in [6.07, 6.45) is -4.88. The molecule has 164 valence electrons. The second-order valence-corrected chi connectivity index (χ2v) is 7.90. The molecule has 1 aliphatic carbocycles. The first-order valence-electron chi connectivity index (χ1n) is 9.21. The third-order valence-electron chi connectivity index (χ3n) is 5.22.